The number of aromatic nitrogens is 3. The van der Waals surface area contributed by atoms with Gasteiger partial charge in [-0.1, -0.05) is 0 Å². The summed E-state index contributed by atoms with van der Waals surface area (Å²) in [6, 6.07) is 1.90. The van der Waals surface area contributed by atoms with Gasteiger partial charge < -0.3 is 9.47 Å². The molecule has 0 N–H and O–H groups in total. The van der Waals surface area contributed by atoms with Crippen LogP contribution in [0.2, 0.25) is 0 Å². The highest BCUT2D eigenvalue weighted by molar-refractivity contribution is 5.77. The SMILES string of the molecule is CC(F)=C(C)N(C)c1cc2c(cn1)ncn2C. The standard InChI is InChI=1S/C12H15FN4/c1-8(13)9(2)17(4)12-5-11-10(6-14-12)15-7-16(11)3/h5-7H,1-4H3. The number of aryl methyl sites for hydroxylation is 1. The highest BCUT2D eigenvalue weighted by atomic mass is 19.1. The van der Waals surface area contributed by atoms with Crippen LogP contribution in [0.4, 0.5) is 10.2 Å². The van der Waals surface area contributed by atoms with E-state index in [-0.39, 0.29) is 5.83 Å². The molecule has 17 heavy (non-hydrogen) atoms. The molecule has 0 amide bonds. The summed E-state index contributed by atoms with van der Waals surface area (Å²) in [5.74, 6) is 0.495. The molecular formula is C12H15FN4. The van der Waals surface area contributed by atoms with Crippen LogP contribution in [0.3, 0.4) is 0 Å². The van der Waals surface area contributed by atoms with E-state index in [1.807, 2.05) is 17.7 Å². The summed E-state index contributed by atoms with van der Waals surface area (Å²) in [6.07, 6.45) is 3.43. The predicted octanol–water partition coefficient (Wildman–Crippen LogP) is 2.63. The van der Waals surface area contributed by atoms with E-state index in [4.69, 9.17) is 0 Å². The van der Waals surface area contributed by atoms with E-state index >= 15 is 0 Å². The summed E-state index contributed by atoms with van der Waals surface area (Å²) in [5.41, 5.74) is 2.37. The molecule has 4 nitrogen and oxygen atoms in total. The van der Waals surface area contributed by atoms with Gasteiger partial charge in [0.25, 0.3) is 0 Å². The van der Waals surface area contributed by atoms with Crippen LogP contribution < -0.4 is 4.90 Å². The zero-order valence-electron chi connectivity index (χ0n) is 10.4. The second-order valence-electron chi connectivity index (χ2n) is 4.06. The topological polar surface area (TPSA) is 34.0 Å². The van der Waals surface area contributed by atoms with Gasteiger partial charge in [-0.3, -0.25) is 0 Å². The van der Waals surface area contributed by atoms with Gasteiger partial charge >= 0.3 is 0 Å². The number of hydrogen-bond acceptors (Lipinski definition) is 3. The zero-order valence-corrected chi connectivity index (χ0v) is 10.4. The normalized spacial score (nSPS) is 12.8. The smallest absolute Gasteiger partial charge is 0.134 e. The van der Waals surface area contributed by atoms with Crippen molar-refractivity contribution in [2.75, 3.05) is 11.9 Å². The molecule has 0 unspecified atom stereocenters. The molecule has 90 valence electrons. The number of rotatable bonds is 2. The monoisotopic (exact) mass is 234 g/mol. The van der Waals surface area contributed by atoms with Gasteiger partial charge in [-0.15, -0.1) is 0 Å². The van der Waals surface area contributed by atoms with Crippen LogP contribution in [-0.2, 0) is 7.05 Å². The average molecular weight is 234 g/mol. The van der Waals surface area contributed by atoms with Gasteiger partial charge in [0, 0.05) is 25.9 Å². The average Bonchev–Trinajstić information content (AvgIpc) is 2.68. The van der Waals surface area contributed by atoms with Crippen LogP contribution in [-0.4, -0.2) is 21.6 Å². The number of hydrogen-bond donors (Lipinski definition) is 0. The van der Waals surface area contributed by atoms with Crippen LogP contribution in [0.25, 0.3) is 11.0 Å². The molecule has 0 spiro atoms. The zero-order chi connectivity index (χ0) is 12.6. The summed E-state index contributed by atoms with van der Waals surface area (Å²) in [4.78, 5) is 10.2. The van der Waals surface area contributed by atoms with Gasteiger partial charge in [0.1, 0.15) is 17.2 Å². The Labute approximate surface area is 99.4 Å². The molecule has 0 aliphatic carbocycles. The molecule has 0 saturated heterocycles. The molecule has 5 heteroatoms. The molecule has 2 aromatic rings. The van der Waals surface area contributed by atoms with Crippen molar-refractivity contribution in [1.82, 2.24) is 14.5 Å². The van der Waals surface area contributed by atoms with Crippen molar-refractivity contribution in [3.63, 3.8) is 0 Å². The Bertz CT molecular complexity index is 581. The maximum atomic E-state index is 13.2. The first-order chi connectivity index (χ1) is 8.00. The molecule has 0 saturated carbocycles. The first kappa shape index (κ1) is 11.6. The molecule has 0 aromatic carbocycles. The van der Waals surface area contributed by atoms with Crippen molar-refractivity contribution in [3.8, 4) is 0 Å². The maximum absolute atomic E-state index is 13.2. The summed E-state index contributed by atoms with van der Waals surface area (Å²) in [7, 11) is 3.71. The van der Waals surface area contributed by atoms with Gasteiger partial charge in [-0.2, -0.15) is 0 Å². The number of halogens is 1. The van der Waals surface area contributed by atoms with Gasteiger partial charge in [0.05, 0.1) is 18.0 Å². The van der Waals surface area contributed by atoms with Gasteiger partial charge in [-0.25, -0.2) is 14.4 Å². The maximum Gasteiger partial charge on any atom is 0.134 e. The quantitative estimate of drug-likeness (QED) is 0.801. The fraction of sp³-hybridized carbons (Fsp3) is 0.333. The Morgan fingerprint density at radius 1 is 1.35 bits per heavy atom. The molecular weight excluding hydrogens is 219 g/mol. The molecule has 2 aromatic heterocycles. The molecule has 0 aliphatic heterocycles. The number of pyridine rings is 1. The van der Waals surface area contributed by atoms with Crippen LogP contribution >= 0.6 is 0 Å². The van der Waals surface area contributed by atoms with Crippen LogP contribution in [0.5, 0.6) is 0 Å². The Kier molecular flexibility index (Phi) is 2.83. The second kappa shape index (κ2) is 4.16. The molecule has 2 rings (SSSR count). The molecule has 2 heterocycles. The van der Waals surface area contributed by atoms with Crippen molar-refractivity contribution in [2.24, 2.45) is 7.05 Å². The fourth-order valence-electron chi connectivity index (χ4n) is 1.61. The minimum Gasteiger partial charge on any atom is -0.334 e. The van der Waals surface area contributed by atoms with Crippen molar-refractivity contribution >= 4 is 16.9 Å². The Morgan fingerprint density at radius 3 is 2.71 bits per heavy atom. The van der Waals surface area contributed by atoms with E-state index in [1.54, 1.807) is 31.4 Å². The summed E-state index contributed by atoms with van der Waals surface area (Å²) in [6.45, 7) is 3.17. The first-order valence-electron chi connectivity index (χ1n) is 5.34. The van der Waals surface area contributed by atoms with Crippen LogP contribution in [0.15, 0.2) is 30.1 Å². The van der Waals surface area contributed by atoms with Crippen molar-refractivity contribution < 1.29 is 4.39 Å². The Balaban J connectivity index is 2.49. The minimum atomic E-state index is -0.209. The lowest BCUT2D eigenvalue weighted by Gasteiger charge is -2.18. The number of anilines is 1. The molecule has 0 bridgehead atoms. The molecule has 0 fully saturated rings. The predicted molar refractivity (Wildman–Crippen MR) is 66.4 cm³/mol. The van der Waals surface area contributed by atoms with E-state index < -0.39 is 0 Å². The third-order valence-corrected chi connectivity index (χ3v) is 2.94. The van der Waals surface area contributed by atoms with Crippen LogP contribution in [0, 0.1) is 0 Å². The van der Waals surface area contributed by atoms with Crippen molar-refractivity contribution in [1.29, 1.82) is 0 Å². The summed E-state index contributed by atoms with van der Waals surface area (Å²) in [5, 5.41) is 0. The fourth-order valence-corrected chi connectivity index (χ4v) is 1.61. The third kappa shape index (κ3) is 2.00. The lowest BCUT2D eigenvalue weighted by molar-refractivity contribution is 0.621. The van der Waals surface area contributed by atoms with E-state index in [0.717, 1.165) is 11.0 Å². The third-order valence-electron chi connectivity index (χ3n) is 2.94. The largest absolute Gasteiger partial charge is 0.334 e. The Hall–Kier alpha value is -1.91. The molecule has 0 atom stereocenters. The van der Waals surface area contributed by atoms with Crippen molar-refractivity contribution in [2.45, 2.75) is 13.8 Å². The van der Waals surface area contributed by atoms with E-state index in [0.29, 0.717) is 11.5 Å². The van der Waals surface area contributed by atoms with E-state index in [9.17, 15) is 4.39 Å². The van der Waals surface area contributed by atoms with Crippen molar-refractivity contribution in [3.05, 3.63) is 30.1 Å². The number of allylic oxidation sites excluding steroid dienone is 2. The van der Waals surface area contributed by atoms with Gasteiger partial charge in [0.2, 0.25) is 0 Å². The second-order valence-corrected chi connectivity index (χ2v) is 4.06. The number of imidazole rings is 1. The highest BCUT2D eigenvalue weighted by Gasteiger charge is 2.09. The van der Waals surface area contributed by atoms with E-state index in [2.05, 4.69) is 9.97 Å². The highest BCUT2D eigenvalue weighted by Crippen LogP contribution is 2.21. The molecule has 0 radical (unpaired) electrons. The lowest BCUT2D eigenvalue weighted by Crippen LogP contribution is -2.16. The Morgan fingerprint density at radius 2 is 2.06 bits per heavy atom. The first-order valence-corrected chi connectivity index (χ1v) is 5.34. The lowest BCUT2D eigenvalue weighted by atomic mass is 10.3. The van der Waals surface area contributed by atoms with Crippen LogP contribution in [0.1, 0.15) is 13.8 Å². The minimum absolute atomic E-state index is 0.209. The van der Waals surface area contributed by atoms with E-state index in [1.165, 1.54) is 6.92 Å². The van der Waals surface area contributed by atoms with Gasteiger partial charge in [-0.05, 0) is 13.8 Å². The summed E-state index contributed by atoms with van der Waals surface area (Å²) < 4.78 is 15.1. The van der Waals surface area contributed by atoms with Gasteiger partial charge in [0.15, 0.2) is 0 Å². The summed E-state index contributed by atoms with van der Waals surface area (Å²) >= 11 is 0. The molecule has 0 aliphatic rings. The number of nitrogens with zero attached hydrogens (tertiary/aromatic N) is 4. The number of fused-ring (bicyclic) bond motifs is 1.